The fourth-order valence-corrected chi connectivity index (χ4v) is 4.24. The molecule has 0 aliphatic heterocycles. The molecule has 1 nitrogen and oxygen atoms in total. The Morgan fingerprint density at radius 2 is 1.81 bits per heavy atom. The lowest BCUT2D eigenvalue weighted by Crippen LogP contribution is -2.17. The molecule has 2 aromatic carbocycles. The Morgan fingerprint density at radius 3 is 2.59 bits per heavy atom. The Bertz CT molecular complexity index is 772. The maximum absolute atomic E-state index is 12.9. The van der Waals surface area contributed by atoms with Crippen molar-refractivity contribution >= 4 is 5.78 Å². The van der Waals surface area contributed by atoms with Crippen molar-refractivity contribution in [2.75, 3.05) is 0 Å². The van der Waals surface area contributed by atoms with Crippen LogP contribution in [0.3, 0.4) is 0 Å². The minimum Gasteiger partial charge on any atom is -0.294 e. The van der Waals surface area contributed by atoms with Crippen molar-refractivity contribution in [2.24, 2.45) is 5.92 Å². The smallest absolute Gasteiger partial charge is 0.161 e. The van der Waals surface area contributed by atoms with E-state index in [4.69, 9.17) is 0 Å². The quantitative estimate of drug-likeness (QED) is 0.562. The summed E-state index contributed by atoms with van der Waals surface area (Å²) in [6.07, 6.45) is 9.56. The molecule has 0 aromatic heterocycles. The first-order valence-electron chi connectivity index (χ1n) is 10.5. The molecule has 0 bridgehead atoms. The lowest BCUT2D eigenvalue weighted by atomic mass is 9.83. The Kier molecular flexibility index (Phi) is 7.04. The van der Waals surface area contributed by atoms with Gasteiger partial charge in [-0.1, -0.05) is 74.5 Å². The van der Waals surface area contributed by atoms with Crippen LogP contribution in [0, 0.1) is 5.92 Å². The first-order chi connectivity index (χ1) is 13.2. The van der Waals surface area contributed by atoms with Gasteiger partial charge in [-0.3, -0.25) is 4.79 Å². The molecule has 27 heavy (non-hydrogen) atoms. The second-order valence-electron chi connectivity index (χ2n) is 7.95. The lowest BCUT2D eigenvalue weighted by molar-refractivity contribution is -0.118. The van der Waals surface area contributed by atoms with Gasteiger partial charge in [0.15, 0.2) is 5.78 Å². The molecular weight excluding hydrogens is 328 g/mol. The van der Waals surface area contributed by atoms with E-state index < -0.39 is 0 Å². The summed E-state index contributed by atoms with van der Waals surface area (Å²) in [6.45, 7) is 4.29. The second kappa shape index (κ2) is 9.69. The van der Waals surface area contributed by atoms with Crippen LogP contribution in [0.2, 0.25) is 0 Å². The van der Waals surface area contributed by atoms with Gasteiger partial charge in [-0.15, -0.1) is 0 Å². The van der Waals surface area contributed by atoms with E-state index in [1.165, 1.54) is 23.1 Å². The summed E-state index contributed by atoms with van der Waals surface area (Å²) >= 11 is 0. The number of hydrogen-bond donors (Lipinski definition) is 0. The average Bonchev–Trinajstić information content (AvgIpc) is 2.68. The van der Waals surface area contributed by atoms with Crippen molar-refractivity contribution in [3.63, 3.8) is 0 Å². The highest BCUT2D eigenvalue weighted by molar-refractivity contribution is 5.97. The van der Waals surface area contributed by atoms with Crippen LogP contribution in [-0.4, -0.2) is 5.78 Å². The molecule has 0 radical (unpaired) electrons. The topological polar surface area (TPSA) is 17.1 Å². The molecule has 0 amide bonds. The van der Waals surface area contributed by atoms with E-state index in [9.17, 15) is 4.79 Å². The maximum atomic E-state index is 12.9. The first-order valence-corrected chi connectivity index (χ1v) is 10.5. The Morgan fingerprint density at radius 1 is 1.04 bits per heavy atom. The highest BCUT2D eigenvalue weighted by Crippen LogP contribution is 2.32. The lowest BCUT2D eigenvalue weighted by Gasteiger charge is -2.21. The van der Waals surface area contributed by atoms with Gasteiger partial charge >= 0.3 is 0 Å². The van der Waals surface area contributed by atoms with Gasteiger partial charge in [-0.05, 0) is 73.1 Å². The van der Waals surface area contributed by atoms with Gasteiger partial charge in [-0.25, -0.2) is 0 Å². The van der Waals surface area contributed by atoms with E-state index >= 15 is 0 Å². The summed E-state index contributed by atoms with van der Waals surface area (Å²) in [6, 6.07) is 19.4. The van der Waals surface area contributed by atoms with E-state index in [1.807, 2.05) is 6.07 Å². The summed E-state index contributed by atoms with van der Waals surface area (Å²) < 4.78 is 0. The number of ketones is 1. The molecule has 0 N–H and O–H groups in total. The van der Waals surface area contributed by atoms with Gasteiger partial charge < -0.3 is 0 Å². The highest BCUT2D eigenvalue weighted by Gasteiger charge is 2.21. The summed E-state index contributed by atoms with van der Waals surface area (Å²) in [5.41, 5.74) is 5.23. The summed E-state index contributed by atoms with van der Waals surface area (Å²) in [7, 11) is 0. The Labute approximate surface area is 164 Å². The second-order valence-corrected chi connectivity index (χ2v) is 7.95. The van der Waals surface area contributed by atoms with Gasteiger partial charge in [0, 0.05) is 5.92 Å². The Hall–Kier alpha value is -2.15. The van der Waals surface area contributed by atoms with Crippen molar-refractivity contribution in [3.05, 3.63) is 82.9 Å². The predicted molar refractivity (Wildman–Crippen MR) is 114 cm³/mol. The molecule has 0 saturated carbocycles. The van der Waals surface area contributed by atoms with Gasteiger partial charge in [0.25, 0.3) is 0 Å². The van der Waals surface area contributed by atoms with Crippen LogP contribution < -0.4 is 0 Å². The average molecular weight is 361 g/mol. The molecule has 2 atom stereocenters. The summed E-state index contributed by atoms with van der Waals surface area (Å²) in [5.74, 6) is 1.05. The number of carbonyl (C=O) groups excluding carboxylic acids is 1. The largest absolute Gasteiger partial charge is 0.294 e. The molecule has 1 aliphatic carbocycles. The standard InChI is InChI=1S/C26H32O/c1-3-21-12-7-17-25(19-21)23-13-8-15-24(16-9-14-23)26(27)20(2)18-22-10-5-4-6-11-22/h4-7,10-12,15,17,19-20,23H,3,8-9,13-14,16,18H2,1-2H3/b24-15-. The molecule has 1 heteroatoms. The van der Waals surface area contributed by atoms with Crippen LogP contribution in [0.15, 0.2) is 66.2 Å². The maximum Gasteiger partial charge on any atom is 0.161 e. The normalized spacial score (nSPS) is 20.8. The zero-order valence-electron chi connectivity index (χ0n) is 16.8. The Balaban J connectivity index is 1.61. The van der Waals surface area contributed by atoms with Crippen LogP contribution in [0.25, 0.3) is 0 Å². The van der Waals surface area contributed by atoms with Crippen molar-refractivity contribution in [1.29, 1.82) is 0 Å². The number of allylic oxidation sites excluding steroid dienone is 2. The van der Waals surface area contributed by atoms with Crippen LogP contribution >= 0.6 is 0 Å². The molecule has 0 spiro atoms. The summed E-state index contributed by atoms with van der Waals surface area (Å²) in [4.78, 5) is 12.9. The molecular formula is C26H32O. The van der Waals surface area contributed by atoms with E-state index in [-0.39, 0.29) is 5.92 Å². The third kappa shape index (κ3) is 5.42. The number of carbonyl (C=O) groups is 1. The zero-order chi connectivity index (χ0) is 19.1. The number of rotatable bonds is 6. The van der Waals surface area contributed by atoms with Gasteiger partial charge in [-0.2, -0.15) is 0 Å². The minimum atomic E-state index is 0.0649. The predicted octanol–water partition coefficient (Wildman–Crippen LogP) is 6.67. The van der Waals surface area contributed by atoms with E-state index in [1.54, 1.807) is 0 Å². The molecule has 2 unspecified atom stereocenters. The third-order valence-electron chi connectivity index (χ3n) is 5.88. The molecule has 0 saturated heterocycles. The SMILES string of the molecule is CCc1cccc(C2CC/C=C(\C(=O)C(C)Cc3ccccc3)CCC2)c1. The van der Waals surface area contributed by atoms with Gasteiger partial charge in [0.2, 0.25) is 0 Å². The number of Topliss-reactive ketones (excluding diaryl/α,β-unsaturated/α-hetero) is 1. The molecule has 1 aliphatic rings. The number of hydrogen-bond acceptors (Lipinski definition) is 1. The highest BCUT2D eigenvalue weighted by atomic mass is 16.1. The third-order valence-corrected chi connectivity index (χ3v) is 5.88. The van der Waals surface area contributed by atoms with Crippen LogP contribution in [0.5, 0.6) is 0 Å². The summed E-state index contributed by atoms with van der Waals surface area (Å²) in [5, 5.41) is 0. The monoisotopic (exact) mass is 360 g/mol. The molecule has 2 aromatic rings. The van der Waals surface area contributed by atoms with Crippen molar-refractivity contribution in [3.8, 4) is 0 Å². The van der Waals surface area contributed by atoms with Crippen molar-refractivity contribution in [1.82, 2.24) is 0 Å². The van der Waals surface area contributed by atoms with Gasteiger partial charge in [0.1, 0.15) is 0 Å². The van der Waals surface area contributed by atoms with E-state index in [2.05, 4.69) is 68.5 Å². The minimum absolute atomic E-state index is 0.0649. The zero-order valence-corrected chi connectivity index (χ0v) is 16.8. The molecule has 3 rings (SSSR count). The molecule has 0 heterocycles. The van der Waals surface area contributed by atoms with E-state index in [0.717, 1.165) is 44.1 Å². The van der Waals surface area contributed by atoms with Crippen LogP contribution in [0.1, 0.15) is 68.6 Å². The van der Waals surface area contributed by atoms with Gasteiger partial charge in [0.05, 0.1) is 0 Å². The van der Waals surface area contributed by atoms with Crippen molar-refractivity contribution in [2.45, 2.75) is 64.7 Å². The fraction of sp³-hybridized carbons (Fsp3) is 0.423. The number of benzene rings is 2. The van der Waals surface area contributed by atoms with Crippen LogP contribution in [-0.2, 0) is 17.6 Å². The first kappa shape index (κ1) is 19.6. The number of aryl methyl sites for hydroxylation is 1. The molecule has 142 valence electrons. The molecule has 0 fully saturated rings. The fourth-order valence-electron chi connectivity index (χ4n) is 4.24. The van der Waals surface area contributed by atoms with Crippen molar-refractivity contribution < 1.29 is 4.79 Å². The van der Waals surface area contributed by atoms with Crippen LogP contribution in [0.4, 0.5) is 0 Å². The van der Waals surface area contributed by atoms with E-state index in [0.29, 0.717) is 11.7 Å².